The highest BCUT2D eigenvalue weighted by Crippen LogP contribution is 2.47. The van der Waals surface area contributed by atoms with Crippen molar-refractivity contribution in [3.63, 3.8) is 0 Å². The maximum Gasteiger partial charge on any atom is 0.229 e. The summed E-state index contributed by atoms with van der Waals surface area (Å²) in [6, 6.07) is 11.6. The number of nitrogens with one attached hydrogen (secondary N) is 1. The molecule has 1 fully saturated rings. The summed E-state index contributed by atoms with van der Waals surface area (Å²) in [6.45, 7) is 0.0569. The van der Waals surface area contributed by atoms with Crippen molar-refractivity contribution in [3.8, 4) is 11.3 Å². The van der Waals surface area contributed by atoms with E-state index in [1.807, 2.05) is 55.8 Å². The number of aliphatic hydroxyl groups excluding tert-OH is 1. The van der Waals surface area contributed by atoms with Gasteiger partial charge in [-0.05, 0) is 47.4 Å². The molecule has 1 aliphatic rings. The van der Waals surface area contributed by atoms with E-state index in [4.69, 9.17) is 5.73 Å². The molecule has 4 aromatic rings. The maximum absolute atomic E-state index is 12.7. The number of benzene rings is 1. The van der Waals surface area contributed by atoms with E-state index in [9.17, 15) is 9.90 Å². The van der Waals surface area contributed by atoms with E-state index < -0.39 is 0 Å². The van der Waals surface area contributed by atoms with Crippen molar-refractivity contribution in [2.24, 2.45) is 13.0 Å². The molecule has 0 bridgehead atoms. The minimum absolute atomic E-state index is 0.0405. The van der Waals surface area contributed by atoms with Crippen LogP contribution >= 0.6 is 0 Å². The molecule has 8 nitrogen and oxygen atoms in total. The molecule has 162 valence electrons. The van der Waals surface area contributed by atoms with Crippen LogP contribution in [0.25, 0.3) is 22.0 Å². The molecule has 0 saturated heterocycles. The van der Waals surface area contributed by atoms with Crippen LogP contribution in [0.5, 0.6) is 0 Å². The number of pyridine rings is 2. The molecule has 2 atom stereocenters. The Bertz CT molecular complexity index is 1320. The zero-order valence-corrected chi connectivity index (χ0v) is 17.7. The van der Waals surface area contributed by atoms with Crippen molar-refractivity contribution in [2.45, 2.75) is 18.8 Å². The van der Waals surface area contributed by atoms with Crippen LogP contribution in [0.2, 0.25) is 0 Å². The van der Waals surface area contributed by atoms with E-state index in [1.165, 1.54) is 0 Å². The van der Waals surface area contributed by atoms with Gasteiger partial charge < -0.3 is 16.2 Å². The number of aliphatic hydroxyl groups is 1. The molecule has 32 heavy (non-hydrogen) atoms. The molecule has 0 radical (unpaired) electrons. The Balaban J connectivity index is 1.41. The third kappa shape index (κ3) is 3.80. The van der Waals surface area contributed by atoms with Gasteiger partial charge in [-0.1, -0.05) is 24.3 Å². The molecule has 0 spiro atoms. The van der Waals surface area contributed by atoms with E-state index in [0.717, 1.165) is 39.6 Å². The zero-order chi connectivity index (χ0) is 22.2. The smallest absolute Gasteiger partial charge is 0.229 e. The summed E-state index contributed by atoms with van der Waals surface area (Å²) in [5.41, 5.74) is 9.95. The summed E-state index contributed by atoms with van der Waals surface area (Å²) < 4.78 is 1.75. The second-order valence-electron chi connectivity index (χ2n) is 8.20. The lowest BCUT2D eigenvalue weighted by Crippen LogP contribution is -2.15. The average molecular weight is 428 g/mol. The topological polar surface area (TPSA) is 119 Å². The monoisotopic (exact) mass is 428 g/mol. The third-order valence-corrected chi connectivity index (χ3v) is 5.95. The van der Waals surface area contributed by atoms with Gasteiger partial charge in [-0.3, -0.25) is 9.48 Å². The van der Waals surface area contributed by atoms with Crippen LogP contribution in [0, 0.1) is 5.92 Å². The lowest BCUT2D eigenvalue weighted by atomic mass is 10.0. The number of nitrogen functional groups attached to an aromatic ring is 1. The number of aromatic nitrogens is 4. The highest BCUT2D eigenvalue weighted by atomic mass is 16.3. The van der Waals surface area contributed by atoms with Gasteiger partial charge >= 0.3 is 0 Å². The lowest BCUT2D eigenvalue weighted by molar-refractivity contribution is -0.117. The molecule has 0 aliphatic heterocycles. The van der Waals surface area contributed by atoms with Gasteiger partial charge in [-0.25, -0.2) is 9.97 Å². The number of hydrogen-bond acceptors (Lipinski definition) is 6. The van der Waals surface area contributed by atoms with Gasteiger partial charge in [0.05, 0.1) is 11.9 Å². The van der Waals surface area contributed by atoms with E-state index in [1.54, 1.807) is 10.9 Å². The molecule has 5 rings (SSSR count). The Labute approximate surface area is 185 Å². The number of fused-ring (bicyclic) bond motifs is 1. The molecule has 1 aliphatic carbocycles. The van der Waals surface area contributed by atoms with Crippen molar-refractivity contribution >= 4 is 28.3 Å². The Morgan fingerprint density at radius 3 is 2.91 bits per heavy atom. The fourth-order valence-corrected chi connectivity index (χ4v) is 4.19. The van der Waals surface area contributed by atoms with Crippen molar-refractivity contribution < 1.29 is 9.90 Å². The first kappa shape index (κ1) is 20.1. The van der Waals surface area contributed by atoms with Gasteiger partial charge in [0.2, 0.25) is 5.91 Å². The Hall–Kier alpha value is -3.78. The highest BCUT2D eigenvalue weighted by Gasteiger charge is 2.44. The lowest BCUT2D eigenvalue weighted by Gasteiger charge is -2.11. The first-order chi connectivity index (χ1) is 15.5. The minimum atomic E-state index is -0.0693. The molecule has 0 unspecified atom stereocenters. The predicted molar refractivity (Wildman–Crippen MR) is 123 cm³/mol. The van der Waals surface area contributed by atoms with Crippen molar-refractivity contribution in [2.75, 3.05) is 17.7 Å². The SMILES string of the molecule is Cn1cc([C@@H]2C[C@H]2C(=O)Nc2cc3cc(-c4ccccc4CCO)nc(N)c3cn2)cn1. The van der Waals surface area contributed by atoms with Crippen LogP contribution in [-0.4, -0.2) is 37.4 Å². The molecule has 3 heterocycles. The third-order valence-electron chi connectivity index (χ3n) is 5.95. The number of anilines is 2. The molecule has 1 aromatic carbocycles. The molecular weight excluding hydrogens is 404 g/mol. The Kier molecular flexibility index (Phi) is 5.07. The number of aryl methyl sites for hydroxylation is 1. The van der Waals surface area contributed by atoms with Crippen LogP contribution in [0.1, 0.15) is 23.5 Å². The molecule has 4 N–H and O–H groups in total. The van der Waals surface area contributed by atoms with E-state index in [0.29, 0.717) is 18.1 Å². The van der Waals surface area contributed by atoms with Gasteiger partial charge in [0.15, 0.2) is 0 Å². The van der Waals surface area contributed by atoms with Crippen LogP contribution < -0.4 is 11.1 Å². The number of amides is 1. The van der Waals surface area contributed by atoms with Crippen LogP contribution in [0.15, 0.2) is 55.0 Å². The predicted octanol–water partition coefficient (Wildman–Crippen LogP) is 2.89. The second-order valence-corrected chi connectivity index (χ2v) is 8.20. The van der Waals surface area contributed by atoms with E-state index >= 15 is 0 Å². The fourth-order valence-electron chi connectivity index (χ4n) is 4.19. The average Bonchev–Trinajstić information content (AvgIpc) is 3.47. The number of carbonyl (C=O) groups is 1. The van der Waals surface area contributed by atoms with Crippen molar-refractivity contribution in [1.82, 2.24) is 19.7 Å². The highest BCUT2D eigenvalue weighted by molar-refractivity contribution is 5.98. The van der Waals surface area contributed by atoms with Crippen LogP contribution in [0.4, 0.5) is 11.6 Å². The number of hydrogen-bond donors (Lipinski definition) is 3. The fraction of sp³-hybridized carbons (Fsp3) is 0.250. The summed E-state index contributed by atoms with van der Waals surface area (Å²) in [4.78, 5) is 21.7. The van der Waals surface area contributed by atoms with Crippen LogP contribution in [0.3, 0.4) is 0 Å². The normalized spacial score (nSPS) is 17.4. The Morgan fingerprint density at radius 1 is 1.28 bits per heavy atom. The van der Waals surface area contributed by atoms with E-state index in [-0.39, 0.29) is 24.3 Å². The zero-order valence-electron chi connectivity index (χ0n) is 17.7. The van der Waals surface area contributed by atoms with Gasteiger partial charge in [-0.15, -0.1) is 0 Å². The molecule has 3 aromatic heterocycles. The molecule has 1 amide bonds. The second kappa shape index (κ2) is 8.05. The summed E-state index contributed by atoms with van der Waals surface area (Å²) >= 11 is 0. The number of rotatable bonds is 6. The quantitative estimate of drug-likeness (QED) is 0.434. The molecular formula is C24H24N6O2. The molecule has 1 saturated carbocycles. The largest absolute Gasteiger partial charge is 0.396 e. The first-order valence-corrected chi connectivity index (χ1v) is 10.6. The van der Waals surface area contributed by atoms with Gasteiger partial charge in [0.25, 0.3) is 0 Å². The minimum Gasteiger partial charge on any atom is -0.396 e. The van der Waals surface area contributed by atoms with Crippen molar-refractivity contribution in [3.05, 3.63) is 66.1 Å². The summed E-state index contributed by atoms with van der Waals surface area (Å²) in [6.07, 6.45) is 6.76. The number of nitrogens with zero attached hydrogens (tertiary/aromatic N) is 4. The molecule has 8 heteroatoms. The standard InChI is InChI=1S/C24H24N6O2/c1-30-13-16(11-27-30)18-10-19(18)24(32)29-22-9-15-8-21(28-23(25)20(15)12-26-22)17-5-3-2-4-14(17)6-7-31/h2-5,8-9,11-13,18-19,31H,6-7,10H2,1H3,(H2,25,28)(H,26,29,32)/t18-,19+/m0/s1. The number of nitrogens with two attached hydrogens (primary N) is 1. The van der Waals surface area contributed by atoms with Crippen molar-refractivity contribution in [1.29, 1.82) is 0 Å². The Morgan fingerprint density at radius 2 is 2.12 bits per heavy atom. The summed E-state index contributed by atoms with van der Waals surface area (Å²) in [5, 5.41) is 18.1. The van der Waals surface area contributed by atoms with E-state index in [2.05, 4.69) is 20.4 Å². The summed E-state index contributed by atoms with van der Waals surface area (Å²) in [5.74, 6) is 0.958. The maximum atomic E-state index is 12.7. The summed E-state index contributed by atoms with van der Waals surface area (Å²) in [7, 11) is 1.87. The van der Waals surface area contributed by atoms with Gasteiger partial charge in [-0.2, -0.15) is 5.10 Å². The van der Waals surface area contributed by atoms with Gasteiger partial charge in [0.1, 0.15) is 11.6 Å². The van der Waals surface area contributed by atoms with Crippen LogP contribution in [-0.2, 0) is 18.3 Å². The number of carbonyl (C=O) groups excluding carboxylic acids is 1. The first-order valence-electron chi connectivity index (χ1n) is 10.6. The van der Waals surface area contributed by atoms with Gasteiger partial charge in [0, 0.05) is 42.9 Å².